The van der Waals surface area contributed by atoms with Gasteiger partial charge in [-0.1, -0.05) is 48.5 Å². The van der Waals surface area contributed by atoms with Crippen molar-refractivity contribution < 1.29 is 9.59 Å². The quantitative estimate of drug-likeness (QED) is 0.667. The molecule has 0 aromatic heterocycles. The second kappa shape index (κ2) is 8.86. The summed E-state index contributed by atoms with van der Waals surface area (Å²) in [5, 5.41) is 5.67. The van der Waals surface area contributed by atoms with E-state index >= 15 is 0 Å². The maximum Gasteiger partial charge on any atom is 0.255 e. The molecule has 0 bridgehead atoms. The molecule has 0 unspecified atom stereocenters. The van der Waals surface area contributed by atoms with Crippen molar-refractivity contribution in [1.82, 2.24) is 0 Å². The monoisotopic (exact) mass is 373 g/mol. The molecule has 28 heavy (non-hydrogen) atoms. The number of amides is 2. The summed E-state index contributed by atoms with van der Waals surface area (Å²) in [7, 11) is 2.00. The van der Waals surface area contributed by atoms with Gasteiger partial charge in [-0.2, -0.15) is 0 Å². The molecule has 3 rings (SSSR count). The number of nitrogens with one attached hydrogen (secondary N) is 2. The van der Waals surface area contributed by atoms with Gasteiger partial charge >= 0.3 is 0 Å². The van der Waals surface area contributed by atoms with Crippen molar-refractivity contribution in [3.05, 3.63) is 90.0 Å². The van der Waals surface area contributed by atoms with Gasteiger partial charge in [-0.05, 0) is 35.9 Å². The normalized spacial score (nSPS) is 10.2. The van der Waals surface area contributed by atoms with Crippen molar-refractivity contribution in [2.75, 3.05) is 22.6 Å². The topological polar surface area (TPSA) is 61.4 Å². The van der Waals surface area contributed by atoms with Gasteiger partial charge in [0.1, 0.15) is 0 Å². The fraction of sp³-hybridized carbons (Fsp3) is 0.130. The molecule has 0 radical (unpaired) electrons. The highest BCUT2D eigenvalue weighted by molar-refractivity contribution is 6.06. The molecule has 142 valence electrons. The number of carbonyl (C=O) groups excluding carboxylic acids is 2. The van der Waals surface area contributed by atoms with Gasteiger partial charge in [-0.15, -0.1) is 0 Å². The summed E-state index contributed by atoms with van der Waals surface area (Å²) >= 11 is 0. The van der Waals surface area contributed by atoms with E-state index in [9.17, 15) is 9.59 Å². The van der Waals surface area contributed by atoms with Crippen molar-refractivity contribution >= 4 is 28.9 Å². The van der Waals surface area contributed by atoms with E-state index in [-0.39, 0.29) is 11.8 Å². The van der Waals surface area contributed by atoms with Crippen LogP contribution < -0.4 is 15.5 Å². The van der Waals surface area contributed by atoms with E-state index in [0.717, 1.165) is 17.9 Å². The third kappa shape index (κ3) is 4.98. The Morgan fingerprint density at radius 1 is 0.857 bits per heavy atom. The lowest BCUT2D eigenvalue weighted by Gasteiger charge is -2.23. The van der Waals surface area contributed by atoms with E-state index in [1.807, 2.05) is 49.5 Å². The molecule has 3 aromatic rings. The minimum absolute atomic E-state index is 0.176. The summed E-state index contributed by atoms with van der Waals surface area (Å²) < 4.78 is 0. The molecule has 2 N–H and O–H groups in total. The highest BCUT2D eigenvalue weighted by Gasteiger charge is 2.12. The van der Waals surface area contributed by atoms with Gasteiger partial charge in [0.05, 0.1) is 11.4 Å². The van der Waals surface area contributed by atoms with Gasteiger partial charge in [-0.25, -0.2) is 0 Å². The molecule has 0 heterocycles. The maximum atomic E-state index is 12.7. The van der Waals surface area contributed by atoms with E-state index in [1.165, 1.54) is 12.5 Å². The number of para-hydroxylation sites is 2. The zero-order valence-corrected chi connectivity index (χ0v) is 16.0. The largest absolute Gasteiger partial charge is 0.369 e. The summed E-state index contributed by atoms with van der Waals surface area (Å²) in [6.07, 6.45) is 0. The van der Waals surface area contributed by atoms with Gasteiger partial charge < -0.3 is 15.5 Å². The Hall–Kier alpha value is -3.60. The van der Waals surface area contributed by atoms with Crippen LogP contribution >= 0.6 is 0 Å². The standard InChI is InChI=1S/C23H23N3O2/c1-17(27)24-20-12-8-11-19(15-20)23(28)25-21-13-6-7-14-22(21)26(2)16-18-9-4-3-5-10-18/h3-15H,16H2,1-2H3,(H,24,27)(H,25,28). The molecule has 5 heteroatoms. The summed E-state index contributed by atoms with van der Waals surface area (Å²) in [4.78, 5) is 26.1. The molecule has 0 aliphatic carbocycles. The van der Waals surface area contributed by atoms with Gasteiger partial charge in [-0.3, -0.25) is 9.59 Å². The predicted molar refractivity (Wildman–Crippen MR) is 114 cm³/mol. The minimum Gasteiger partial charge on any atom is -0.369 e. The first-order valence-electron chi connectivity index (χ1n) is 9.06. The first-order valence-corrected chi connectivity index (χ1v) is 9.06. The van der Waals surface area contributed by atoms with E-state index in [4.69, 9.17) is 0 Å². The van der Waals surface area contributed by atoms with E-state index in [1.54, 1.807) is 24.3 Å². The Morgan fingerprint density at radius 2 is 1.57 bits per heavy atom. The maximum absolute atomic E-state index is 12.7. The van der Waals surface area contributed by atoms with Gasteiger partial charge in [0.15, 0.2) is 0 Å². The van der Waals surface area contributed by atoms with Gasteiger partial charge in [0.2, 0.25) is 5.91 Å². The zero-order chi connectivity index (χ0) is 19.9. The fourth-order valence-corrected chi connectivity index (χ4v) is 2.99. The molecular weight excluding hydrogens is 350 g/mol. The molecule has 0 saturated heterocycles. The molecule has 2 amide bonds. The van der Waals surface area contributed by atoms with Crippen molar-refractivity contribution in [2.24, 2.45) is 0 Å². The Balaban J connectivity index is 1.77. The van der Waals surface area contributed by atoms with E-state index in [0.29, 0.717) is 11.3 Å². The summed E-state index contributed by atoms with van der Waals surface area (Å²) in [5.41, 5.74) is 3.92. The number of hydrogen-bond donors (Lipinski definition) is 2. The number of hydrogen-bond acceptors (Lipinski definition) is 3. The van der Waals surface area contributed by atoms with Crippen LogP contribution in [0.15, 0.2) is 78.9 Å². The SMILES string of the molecule is CC(=O)Nc1cccc(C(=O)Nc2ccccc2N(C)Cc2ccccc2)c1. The van der Waals surface area contributed by atoms with E-state index in [2.05, 4.69) is 27.7 Å². The molecule has 3 aromatic carbocycles. The lowest BCUT2D eigenvalue weighted by atomic mass is 10.1. The van der Waals surface area contributed by atoms with Crippen molar-refractivity contribution in [3.63, 3.8) is 0 Å². The van der Waals surface area contributed by atoms with Crippen LogP contribution in [0.3, 0.4) is 0 Å². The first-order chi connectivity index (χ1) is 13.5. The number of anilines is 3. The highest BCUT2D eigenvalue weighted by atomic mass is 16.2. The molecule has 0 saturated carbocycles. The molecule has 0 atom stereocenters. The molecule has 0 spiro atoms. The van der Waals surface area contributed by atoms with Crippen LogP contribution in [-0.2, 0) is 11.3 Å². The summed E-state index contributed by atoms with van der Waals surface area (Å²) in [6, 6.07) is 24.7. The number of rotatable bonds is 6. The van der Waals surface area contributed by atoms with Gasteiger partial charge in [0.25, 0.3) is 5.91 Å². The van der Waals surface area contributed by atoms with Crippen molar-refractivity contribution in [2.45, 2.75) is 13.5 Å². The zero-order valence-electron chi connectivity index (χ0n) is 16.0. The predicted octanol–water partition coefficient (Wildman–Crippen LogP) is 4.53. The number of carbonyl (C=O) groups is 2. The van der Waals surface area contributed by atoms with Crippen molar-refractivity contribution in [3.8, 4) is 0 Å². The minimum atomic E-state index is -0.229. The average Bonchev–Trinajstić information content (AvgIpc) is 2.69. The van der Waals surface area contributed by atoms with Crippen LogP contribution in [0.5, 0.6) is 0 Å². The van der Waals surface area contributed by atoms with Gasteiger partial charge in [0, 0.05) is 31.8 Å². The second-order valence-corrected chi connectivity index (χ2v) is 6.57. The van der Waals surface area contributed by atoms with Crippen LogP contribution in [0.4, 0.5) is 17.1 Å². The molecule has 0 aliphatic heterocycles. The third-order valence-corrected chi connectivity index (χ3v) is 4.27. The molecule has 0 aliphatic rings. The average molecular weight is 373 g/mol. The number of nitrogens with zero attached hydrogens (tertiary/aromatic N) is 1. The Morgan fingerprint density at radius 3 is 2.32 bits per heavy atom. The second-order valence-electron chi connectivity index (χ2n) is 6.57. The smallest absolute Gasteiger partial charge is 0.255 e. The molecular formula is C23H23N3O2. The van der Waals surface area contributed by atoms with E-state index < -0.39 is 0 Å². The van der Waals surface area contributed by atoms with Crippen LogP contribution in [0.2, 0.25) is 0 Å². The summed E-state index contributed by atoms with van der Waals surface area (Å²) in [6.45, 7) is 2.16. The van der Waals surface area contributed by atoms with Crippen molar-refractivity contribution in [1.29, 1.82) is 0 Å². The first kappa shape index (κ1) is 19.2. The Labute approximate surface area is 165 Å². The lowest BCUT2D eigenvalue weighted by Crippen LogP contribution is -2.20. The molecule has 0 fully saturated rings. The number of benzene rings is 3. The summed E-state index contributed by atoms with van der Waals surface area (Å²) in [5.74, 6) is -0.404. The highest BCUT2D eigenvalue weighted by Crippen LogP contribution is 2.26. The lowest BCUT2D eigenvalue weighted by molar-refractivity contribution is -0.114. The Bertz CT molecular complexity index is 970. The van der Waals surface area contributed by atoms with Crippen LogP contribution in [0, 0.1) is 0 Å². The Kier molecular flexibility index (Phi) is 6.07. The van der Waals surface area contributed by atoms with Crippen LogP contribution in [-0.4, -0.2) is 18.9 Å². The fourth-order valence-electron chi connectivity index (χ4n) is 2.99. The van der Waals surface area contributed by atoms with Crippen LogP contribution in [0.1, 0.15) is 22.8 Å². The van der Waals surface area contributed by atoms with Crippen LogP contribution in [0.25, 0.3) is 0 Å². The molecule has 5 nitrogen and oxygen atoms in total. The third-order valence-electron chi connectivity index (χ3n) is 4.27.